The highest BCUT2D eigenvalue weighted by Gasteiger charge is 2.17. The molecule has 0 spiro atoms. The van der Waals surface area contributed by atoms with E-state index in [1.165, 1.54) is 18.2 Å². The van der Waals surface area contributed by atoms with Crippen molar-refractivity contribution in [1.82, 2.24) is 20.1 Å². The van der Waals surface area contributed by atoms with Crippen molar-refractivity contribution in [2.75, 3.05) is 43.9 Å². The molecule has 1 aromatic heterocycles. The van der Waals surface area contributed by atoms with E-state index in [-0.39, 0.29) is 16.0 Å². The maximum atomic E-state index is 13.4. The summed E-state index contributed by atoms with van der Waals surface area (Å²) >= 11 is 4.90. The number of benzene rings is 1. The van der Waals surface area contributed by atoms with Crippen molar-refractivity contribution in [3.8, 4) is 0 Å². The maximum absolute atomic E-state index is 13.4. The van der Waals surface area contributed by atoms with Gasteiger partial charge in [-0.25, -0.2) is 18.3 Å². The van der Waals surface area contributed by atoms with Gasteiger partial charge < -0.3 is 10.1 Å². The van der Waals surface area contributed by atoms with Crippen LogP contribution in [0.15, 0.2) is 32.3 Å². The van der Waals surface area contributed by atoms with Gasteiger partial charge in [0.1, 0.15) is 5.82 Å². The minimum atomic E-state index is -0.405. The molecule has 28 heavy (non-hydrogen) atoms. The lowest BCUT2D eigenvalue weighted by atomic mass is 10.3. The van der Waals surface area contributed by atoms with Crippen LogP contribution in [0.2, 0.25) is 0 Å². The first-order chi connectivity index (χ1) is 13.7. The summed E-state index contributed by atoms with van der Waals surface area (Å²) in [5.41, 5.74) is 2.63. The average Bonchev–Trinajstić information content (AvgIpc) is 3.17. The van der Waals surface area contributed by atoms with Crippen LogP contribution < -0.4 is 10.8 Å². The van der Waals surface area contributed by atoms with Crippen LogP contribution >= 0.6 is 27.9 Å². The van der Waals surface area contributed by atoms with E-state index < -0.39 is 5.82 Å². The van der Waals surface area contributed by atoms with Crippen LogP contribution in [0.4, 0.5) is 15.9 Å². The Balaban J connectivity index is 1.55. The first kappa shape index (κ1) is 21.0. The molecule has 0 amide bonds. The normalized spacial score (nSPS) is 15.6. The highest BCUT2D eigenvalue weighted by atomic mass is 79.9. The highest BCUT2D eigenvalue weighted by molar-refractivity contribution is 9.10. The number of halogens is 2. The predicted molar refractivity (Wildman–Crippen MR) is 107 cm³/mol. The van der Waals surface area contributed by atoms with Crippen LogP contribution in [0.1, 0.15) is 12.1 Å². The lowest BCUT2D eigenvalue weighted by molar-refractivity contribution is 0.0773. The summed E-state index contributed by atoms with van der Waals surface area (Å²) < 4.78 is 26.0. The molecule has 9 nitrogen and oxygen atoms in total. The average molecular weight is 475 g/mol. The molecule has 0 saturated carbocycles. The highest BCUT2D eigenvalue weighted by Crippen LogP contribution is 2.23. The summed E-state index contributed by atoms with van der Waals surface area (Å²) in [6.07, 6.45) is 0.901. The number of hydroxylamine groups is 1. The van der Waals surface area contributed by atoms with E-state index in [0.717, 1.165) is 38.5 Å². The second-order valence-electron chi connectivity index (χ2n) is 5.79. The fourth-order valence-corrected chi connectivity index (χ4v) is 3.73. The number of amidine groups is 1. The van der Waals surface area contributed by atoms with Crippen LogP contribution in [0.5, 0.6) is 0 Å². The van der Waals surface area contributed by atoms with Gasteiger partial charge in [0, 0.05) is 25.4 Å². The number of hydrogen-bond donors (Lipinski definition) is 3. The summed E-state index contributed by atoms with van der Waals surface area (Å²) in [5.74, 6) is 0.942. The monoisotopic (exact) mass is 474 g/mol. The molecular formula is C16H20BrFN6O3S. The quantitative estimate of drug-likeness (QED) is 0.175. The number of morpholine rings is 1. The van der Waals surface area contributed by atoms with Crippen molar-refractivity contribution in [2.24, 2.45) is 4.99 Å². The number of nitrogens with zero attached hydrogens (tertiary/aromatic N) is 4. The first-order valence-electron chi connectivity index (χ1n) is 8.63. The van der Waals surface area contributed by atoms with E-state index in [0.29, 0.717) is 18.1 Å². The molecule has 0 radical (unpaired) electrons. The number of nitrogens with one attached hydrogen (secondary N) is 2. The minimum Gasteiger partial charge on any atom is -0.379 e. The van der Waals surface area contributed by atoms with Crippen molar-refractivity contribution in [3.63, 3.8) is 0 Å². The Morgan fingerprint density at radius 2 is 2.18 bits per heavy atom. The van der Waals surface area contributed by atoms with Gasteiger partial charge in [0.25, 0.3) is 0 Å². The molecule has 2 heterocycles. The molecular weight excluding hydrogens is 455 g/mol. The van der Waals surface area contributed by atoms with Gasteiger partial charge >= 0.3 is 0 Å². The van der Waals surface area contributed by atoms with E-state index in [1.54, 1.807) is 11.9 Å². The minimum absolute atomic E-state index is 0.0324. The Kier molecular flexibility index (Phi) is 8.03. The molecule has 12 heteroatoms. The van der Waals surface area contributed by atoms with Crippen molar-refractivity contribution in [3.05, 3.63) is 34.2 Å². The molecule has 0 bridgehead atoms. The standard InChI is InChI=1S/C16H20BrFN6O3S/c17-12-10-11(2-3-13(12)18)20-16(21-25)14-15(23-27-22-14)19-4-1-9-28-24-5-7-26-8-6-24/h2-3,10,25H,1,4-9H2,(H,19,23)(H,20,21). The van der Waals surface area contributed by atoms with Crippen LogP contribution in [-0.2, 0) is 4.74 Å². The number of aromatic nitrogens is 2. The van der Waals surface area contributed by atoms with Gasteiger partial charge in [0.2, 0.25) is 5.82 Å². The molecule has 1 saturated heterocycles. The largest absolute Gasteiger partial charge is 0.379 e. The molecule has 3 N–H and O–H groups in total. The second-order valence-corrected chi connectivity index (χ2v) is 7.82. The zero-order valence-electron chi connectivity index (χ0n) is 14.9. The zero-order valence-corrected chi connectivity index (χ0v) is 17.3. The molecule has 1 aromatic carbocycles. The lowest BCUT2D eigenvalue weighted by Crippen LogP contribution is -2.31. The Morgan fingerprint density at radius 1 is 1.36 bits per heavy atom. The molecule has 1 aliphatic rings. The van der Waals surface area contributed by atoms with E-state index in [1.807, 2.05) is 5.48 Å². The molecule has 152 valence electrons. The van der Waals surface area contributed by atoms with Gasteiger partial charge in [-0.2, -0.15) is 0 Å². The summed E-state index contributed by atoms with van der Waals surface area (Å²) in [7, 11) is 0. The number of hydrogen-bond acceptors (Lipinski definition) is 9. The van der Waals surface area contributed by atoms with Gasteiger partial charge in [0.05, 0.1) is 23.4 Å². The molecule has 1 fully saturated rings. The van der Waals surface area contributed by atoms with E-state index >= 15 is 0 Å². The fraction of sp³-hybridized carbons (Fsp3) is 0.438. The van der Waals surface area contributed by atoms with E-state index in [2.05, 4.69) is 40.9 Å². The van der Waals surface area contributed by atoms with E-state index in [4.69, 9.17) is 9.37 Å². The number of aliphatic imine (C=N–C) groups is 1. The van der Waals surface area contributed by atoms with Crippen molar-refractivity contribution >= 4 is 45.2 Å². The topological polar surface area (TPSA) is 108 Å². The van der Waals surface area contributed by atoms with Gasteiger partial charge in [0.15, 0.2) is 11.5 Å². The fourth-order valence-electron chi connectivity index (χ4n) is 2.42. The summed E-state index contributed by atoms with van der Waals surface area (Å²) in [4.78, 5) is 4.22. The van der Waals surface area contributed by atoms with Gasteiger partial charge in [-0.15, -0.1) is 0 Å². The number of ether oxygens (including phenoxy) is 1. The SMILES string of the molecule is ONC(=Nc1ccc(F)c(Br)c1)c1nonc1NCCCSN1CCOCC1. The Morgan fingerprint density at radius 3 is 2.93 bits per heavy atom. The van der Waals surface area contributed by atoms with Crippen LogP contribution in [0, 0.1) is 5.82 Å². The van der Waals surface area contributed by atoms with Crippen LogP contribution in [0.25, 0.3) is 0 Å². The summed E-state index contributed by atoms with van der Waals surface area (Å²) in [5, 5.41) is 20.2. The Hall–Kier alpha value is -1.73. The number of rotatable bonds is 8. The smallest absolute Gasteiger partial charge is 0.202 e. The molecule has 1 aliphatic heterocycles. The molecule has 2 aromatic rings. The van der Waals surface area contributed by atoms with Crippen LogP contribution in [0.3, 0.4) is 0 Å². The van der Waals surface area contributed by atoms with Crippen molar-refractivity contribution in [1.29, 1.82) is 0 Å². The third-order valence-corrected chi connectivity index (χ3v) is 5.63. The Labute approximate surface area is 173 Å². The summed E-state index contributed by atoms with van der Waals surface area (Å²) in [6.45, 7) is 4.09. The van der Waals surface area contributed by atoms with Gasteiger partial charge in [-0.3, -0.25) is 10.7 Å². The zero-order chi connectivity index (χ0) is 19.8. The summed E-state index contributed by atoms with van der Waals surface area (Å²) in [6, 6.07) is 4.22. The van der Waals surface area contributed by atoms with Crippen molar-refractivity contribution < 1.29 is 19.0 Å². The molecule has 3 rings (SSSR count). The van der Waals surface area contributed by atoms with Crippen molar-refractivity contribution in [2.45, 2.75) is 6.42 Å². The van der Waals surface area contributed by atoms with E-state index in [9.17, 15) is 9.60 Å². The molecule has 0 atom stereocenters. The molecule has 0 unspecified atom stereocenters. The maximum Gasteiger partial charge on any atom is 0.202 e. The molecule has 0 aliphatic carbocycles. The third-order valence-electron chi connectivity index (χ3n) is 3.82. The second kappa shape index (κ2) is 10.7. The lowest BCUT2D eigenvalue weighted by Gasteiger charge is -2.25. The Bertz CT molecular complexity index is 802. The third kappa shape index (κ3) is 5.88. The van der Waals surface area contributed by atoms with Gasteiger partial charge in [-0.05, 0) is 50.9 Å². The first-order valence-corrected chi connectivity index (χ1v) is 10.4. The number of anilines is 1. The predicted octanol–water partition coefficient (Wildman–Crippen LogP) is 2.81. The van der Waals surface area contributed by atoms with Gasteiger partial charge in [-0.1, -0.05) is 11.9 Å². The van der Waals surface area contributed by atoms with Crippen LogP contribution in [-0.4, -0.2) is 64.3 Å².